The molecule has 1 aliphatic carbocycles. The molecule has 1 aromatic carbocycles. The van der Waals surface area contributed by atoms with Crippen LogP contribution in [0.4, 0.5) is 5.69 Å². The van der Waals surface area contributed by atoms with Crippen molar-refractivity contribution < 1.29 is 14.3 Å². The predicted molar refractivity (Wildman–Crippen MR) is 79.3 cm³/mol. The highest BCUT2D eigenvalue weighted by atomic mass is 16.5. The molecule has 0 bridgehead atoms. The Morgan fingerprint density at radius 2 is 1.86 bits per heavy atom. The molecule has 5 nitrogen and oxygen atoms in total. The second-order valence-corrected chi connectivity index (χ2v) is 5.28. The zero-order valence-electron chi connectivity index (χ0n) is 12.4. The van der Waals surface area contributed by atoms with Gasteiger partial charge in [-0.1, -0.05) is 19.3 Å². The third-order valence-electron chi connectivity index (χ3n) is 4.00. The van der Waals surface area contributed by atoms with Gasteiger partial charge in [0.05, 0.1) is 20.3 Å². The summed E-state index contributed by atoms with van der Waals surface area (Å²) in [6.07, 6.45) is 4.19. The maximum atomic E-state index is 12.5. The fraction of sp³-hybridized carbons (Fsp3) is 0.500. The van der Waals surface area contributed by atoms with Crippen LogP contribution >= 0.6 is 0 Å². The molecule has 112 valence electrons. The SMILES string of the molecule is COc1ccc(NC(=O)C2(C#N)CCCCC2)cc1OC. The van der Waals surface area contributed by atoms with Gasteiger partial charge in [0, 0.05) is 11.8 Å². The number of methoxy groups -OCH3 is 2. The van der Waals surface area contributed by atoms with Crippen LogP contribution in [0, 0.1) is 16.7 Å². The summed E-state index contributed by atoms with van der Waals surface area (Å²) in [6.45, 7) is 0. The molecule has 0 aliphatic heterocycles. The first-order chi connectivity index (χ1) is 10.1. The van der Waals surface area contributed by atoms with Crippen molar-refractivity contribution in [3.05, 3.63) is 18.2 Å². The topological polar surface area (TPSA) is 71.3 Å². The van der Waals surface area contributed by atoms with Crippen molar-refractivity contribution in [1.29, 1.82) is 5.26 Å². The third kappa shape index (κ3) is 3.10. The van der Waals surface area contributed by atoms with Crippen molar-refractivity contribution >= 4 is 11.6 Å². The van der Waals surface area contributed by atoms with E-state index in [1.807, 2.05) is 0 Å². The lowest BCUT2D eigenvalue weighted by Crippen LogP contribution is -2.36. The highest BCUT2D eigenvalue weighted by molar-refractivity contribution is 5.97. The normalized spacial score (nSPS) is 16.6. The van der Waals surface area contributed by atoms with E-state index >= 15 is 0 Å². The molecule has 0 spiro atoms. The molecular formula is C16H20N2O3. The van der Waals surface area contributed by atoms with Gasteiger partial charge in [0.1, 0.15) is 5.41 Å². The second kappa shape index (κ2) is 6.49. The third-order valence-corrected chi connectivity index (χ3v) is 4.00. The standard InChI is InChI=1S/C16H20N2O3/c1-20-13-7-6-12(10-14(13)21-2)18-15(19)16(11-17)8-4-3-5-9-16/h6-7,10H,3-5,8-9H2,1-2H3,(H,18,19). The fourth-order valence-corrected chi connectivity index (χ4v) is 2.71. The minimum atomic E-state index is -0.897. The molecule has 21 heavy (non-hydrogen) atoms. The Morgan fingerprint density at radius 1 is 1.19 bits per heavy atom. The molecule has 1 amide bonds. The number of carbonyl (C=O) groups excluding carboxylic acids is 1. The maximum Gasteiger partial charge on any atom is 0.244 e. The summed E-state index contributed by atoms with van der Waals surface area (Å²) in [5.74, 6) is 0.921. The Balaban J connectivity index is 2.17. The van der Waals surface area contributed by atoms with Crippen LogP contribution in [0.5, 0.6) is 11.5 Å². The number of anilines is 1. The molecule has 1 aliphatic rings. The Kier molecular flexibility index (Phi) is 4.69. The average Bonchev–Trinajstić information content (AvgIpc) is 2.55. The van der Waals surface area contributed by atoms with Gasteiger partial charge in [-0.2, -0.15) is 5.26 Å². The fourth-order valence-electron chi connectivity index (χ4n) is 2.71. The Morgan fingerprint density at radius 3 is 2.43 bits per heavy atom. The first-order valence-electron chi connectivity index (χ1n) is 7.10. The summed E-state index contributed by atoms with van der Waals surface area (Å²) in [7, 11) is 3.10. The molecule has 2 rings (SSSR count). The van der Waals surface area contributed by atoms with Gasteiger partial charge in [0.25, 0.3) is 0 Å². The lowest BCUT2D eigenvalue weighted by molar-refractivity contribution is -0.124. The molecule has 0 aromatic heterocycles. The summed E-state index contributed by atoms with van der Waals surface area (Å²) < 4.78 is 10.4. The van der Waals surface area contributed by atoms with Gasteiger partial charge in [-0.25, -0.2) is 0 Å². The van der Waals surface area contributed by atoms with Crippen LogP contribution in [0.15, 0.2) is 18.2 Å². The van der Waals surface area contributed by atoms with Crippen molar-refractivity contribution in [2.24, 2.45) is 5.41 Å². The minimum Gasteiger partial charge on any atom is -0.493 e. The highest BCUT2D eigenvalue weighted by Gasteiger charge is 2.39. The van der Waals surface area contributed by atoms with Gasteiger partial charge in [-0.15, -0.1) is 0 Å². The zero-order chi connectivity index (χ0) is 15.3. The largest absolute Gasteiger partial charge is 0.493 e. The van der Waals surface area contributed by atoms with E-state index in [4.69, 9.17) is 9.47 Å². The summed E-state index contributed by atoms with van der Waals surface area (Å²) in [4.78, 5) is 12.5. The number of nitriles is 1. The molecule has 5 heteroatoms. The van der Waals surface area contributed by atoms with Crippen molar-refractivity contribution in [2.45, 2.75) is 32.1 Å². The van der Waals surface area contributed by atoms with Crippen molar-refractivity contribution in [3.8, 4) is 17.6 Å². The van der Waals surface area contributed by atoms with Crippen LogP contribution in [0.2, 0.25) is 0 Å². The van der Waals surface area contributed by atoms with Crippen LogP contribution in [0.25, 0.3) is 0 Å². The monoisotopic (exact) mass is 288 g/mol. The molecule has 1 N–H and O–H groups in total. The van der Waals surface area contributed by atoms with Crippen molar-refractivity contribution in [2.75, 3.05) is 19.5 Å². The van der Waals surface area contributed by atoms with Gasteiger partial charge in [-0.05, 0) is 25.0 Å². The van der Waals surface area contributed by atoms with E-state index < -0.39 is 5.41 Å². The lowest BCUT2D eigenvalue weighted by Gasteiger charge is -2.29. The quantitative estimate of drug-likeness (QED) is 0.924. The van der Waals surface area contributed by atoms with E-state index in [1.54, 1.807) is 32.4 Å². The van der Waals surface area contributed by atoms with E-state index in [-0.39, 0.29) is 5.91 Å². The van der Waals surface area contributed by atoms with Crippen LogP contribution in [0.3, 0.4) is 0 Å². The van der Waals surface area contributed by atoms with Gasteiger partial charge < -0.3 is 14.8 Å². The number of amides is 1. The van der Waals surface area contributed by atoms with E-state index in [0.717, 1.165) is 19.3 Å². The van der Waals surface area contributed by atoms with Crippen LogP contribution < -0.4 is 14.8 Å². The first kappa shape index (κ1) is 15.2. The first-order valence-corrected chi connectivity index (χ1v) is 7.10. The lowest BCUT2D eigenvalue weighted by atomic mass is 9.74. The molecule has 0 unspecified atom stereocenters. The number of nitrogens with zero attached hydrogens (tertiary/aromatic N) is 1. The Labute approximate surface area is 124 Å². The van der Waals surface area contributed by atoms with Crippen molar-refractivity contribution in [1.82, 2.24) is 0 Å². The zero-order valence-corrected chi connectivity index (χ0v) is 12.4. The van der Waals surface area contributed by atoms with E-state index in [0.29, 0.717) is 30.0 Å². The number of hydrogen-bond acceptors (Lipinski definition) is 4. The molecule has 0 saturated heterocycles. The summed E-state index contributed by atoms with van der Waals surface area (Å²) in [5.41, 5.74) is -0.288. The number of hydrogen-bond donors (Lipinski definition) is 1. The number of rotatable bonds is 4. The number of nitrogens with one attached hydrogen (secondary N) is 1. The maximum absolute atomic E-state index is 12.5. The number of benzene rings is 1. The van der Waals surface area contributed by atoms with Crippen LogP contribution in [-0.2, 0) is 4.79 Å². The molecular weight excluding hydrogens is 268 g/mol. The van der Waals surface area contributed by atoms with Gasteiger partial charge in [-0.3, -0.25) is 4.79 Å². The van der Waals surface area contributed by atoms with Gasteiger partial charge in [0.2, 0.25) is 5.91 Å². The number of carbonyl (C=O) groups is 1. The molecule has 1 aromatic rings. The van der Waals surface area contributed by atoms with E-state index in [2.05, 4.69) is 11.4 Å². The Hall–Kier alpha value is -2.22. The average molecular weight is 288 g/mol. The predicted octanol–water partition coefficient (Wildman–Crippen LogP) is 3.12. The smallest absolute Gasteiger partial charge is 0.244 e. The minimum absolute atomic E-state index is 0.225. The Bertz CT molecular complexity index is 557. The molecule has 0 radical (unpaired) electrons. The summed E-state index contributed by atoms with van der Waals surface area (Å²) in [6, 6.07) is 7.39. The van der Waals surface area contributed by atoms with E-state index in [1.165, 1.54) is 0 Å². The highest BCUT2D eigenvalue weighted by Crippen LogP contribution is 2.37. The second-order valence-electron chi connectivity index (χ2n) is 5.28. The number of ether oxygens (including phenoxy) is 2. The molecule has 0 heterocycles. The molecule has 0 atom stereocenters. The molecule has 1 fully saturated rings. The van der Waals surface area contributed by atoms with Crippen LogP contribution in [0.1, 0.15) is 32.1 Å². The molecule has 1 saturated carbocycles. The van der Waals surface area contributed by atoms with E-state index in [9.17, 15) is 10.1 Å². The van der Waals surface area contributed by atoms with Crippen LogP contribution in [-0.4, -0.2) is 20.1 Å². The van der Waals surface area contributed by atoms with Gasteiger partial charge in [0.15, 0.2) is 11.5 Å². The summed E-state index contributed by atoms with van der Waals surface area (Å²) in [5, 5.41) is 12.2. The van der Waals surface area contributed by atoms with Gasteiger partial charge >= 0.3 is 0 Å². The van der Waals surface area contributed by atoms with Crippen molar-refractivity contribution in [3.63, 3.8) is 0 Å². The summed E-state index contributed by atoms with van der Waals surface area (Å²) >= 11 is 0.